The third kappa shape index (κ3) is 6.40. The van der Waals surface area contributed by atoms with Gasteiger partial charge in [0.1, 0.15) is 0 Å². The van der Waals surface area contributed by atoms with Gasteiger partial charge in [0.2, 0.25) is 0 Å². The van der Waals surface area contributed by atoms with Crippen molar-refractivity contribution in [2.24, 2.45) is 5.92 Å². The molecule has 0 aromatic heterocycles. The maximum atomic E-state index is 11.8. The highest BCUT2D eigenvalue weighted by atomic mass is 16.2. The molecule has 116 valence electrons. The summed E-state index contributed by atoms with van der Waals surface area (Å²) in [6, 6.07) is 0.173. The van der Waals surface area contributed by atoms with E-state index < -0.39 is 11.8 Å². The molecule has 0 unspecified atom stereocenters. The van der Waals surface area contributed by atoms with E-state index in [2.05, 4.69) is 24.5 Å². The SMILES string of the molecule is CCCCCCCNC(=O)C(=O)N[C@H]1CCCC[C@H]1C. The fraction of sp³-hybridized carbons (Fsp3) is 0.875. The summed E-state index contributed by atoms with van der Waals surface area (Å²) in [7, 11) is 0. The number of nitrogens with one attached hydrogen (secondary N) is 2. The molecule has 0 bridgehead atoms. The van der Waals surface area contributed by atoms with Crippen molar-refractivity contribution in [1.29, 1.82) is 0 Å². The summed E-state index contributed by atoms with van der Waals surface area (Å²) in [5.41, 5.74) is 0. The van der Waals surface area contributed by atoms with Crippen molar-refractivity contribution in [2.45, 2.75) is 77.7 Å². The molecule has 0 aliphatic heterocycles. The molecule has 0 heterocycles. The Kier molecular flexibility index (Phi) is 8.31. The maximum absolute atomic E-state index is 11.8. The van der Waals surface area contributed by atoms with E-state index in [9.17, 15) is 9.59 Å². The van der Waals surface area contributed by atoms with Crippen LogP contribution < -0.4 is 10.6 Å². The van der Waals surface area contributed by atoms with Gasteiger partial charge in [-0.25, -0.2) is 0 Å². The molecule has 0 aromatic carbocycles. The van der Waals surface area contributed by atoms with Crippen molar-refractivity contribution in [1.82, 2.24) is 10.6 Å². The zero-order valence-corrected chi connectivity index (χ0v) is 13.0. The lowest BCUT2D eigenvalue weighted by atomic mass is 9.86. The molecule has 1 aliphatic rings. The van der Waals surface area contributed by atoms with E-state index >= 15 is 0 Å². The van der Waals surface area contributed by atoms with Crippen molar-refractivity contribution in [3.05, 3.63) is 0 Å². The van der Waals surface area contributed by atoms with Crippen molar-refractivity contribution in [3.63, 3.8) is 0 Å². The lowest BCUT2D eigenvalue weighted by Gasteiger charge is -2.29. The highest BCUT2D eigenvalue weighted by Crippen LogP contribution is 2.23. The van der Waals surface area contributed by atoms with Crippen LogP contribution in [0.3, 0.4) is 0 Å². The summed E-state index contributed by atoms with van der Waals surface area (Å²) >= 11 is 0. The van der Waals surface area contributed by atoms with E-state index in [-0.39, 0.29) is 6.04 Å². The molecule has 0 aromatic rings. The van der Waals surface area contributed by atoms with Crippen molar-refractivity contribution in [2.75, 3.05) is 6.54 Å². The lowest BCUT2D eigenvalue weighted by molar-refractivity contribution is -0.140. The van der Waals surface area contributed by atoms with Crippen LogP contribution in [0.4, 0.5) is 0 Å². The van der Waals surface area contributed by atoms with Crippen LogP contribution >= 0.6 is 0 Å². The molecular weight excluding hydrogens is 252 g/mol. The minimum atomic E-state index is -0.474. The minimum absolute atomic E-state index is 0.173. The third-order valence-corrected chi connectivity index (χ3v) is 4.20. The number of unbranched alkanes of at least 4 members (excludes halogenated alkanes) is 4. The molecule has 0 saturated heterocycles. The van der Waals surface area contributed by atoms with Crippen LogP contribution in [0.15, 0.2) is 0 Å². The quantitative estimate of drug-likeness (QED) is 0.557. The van der Waals surface area contributed by atoms with Gasteiger partial charge in [-0.05, 0) is 25.2 Å². The number of hydrogen-bond acceptors (Lipinski definition) is 2. The van der Waals surface area contributed by atoms with Crippen LogP contribution in [-0.2, 0) is 9.59 Å². The second-order valence-electron chi connectivity index (χ2n) is 6.01. The van der Waals surface area contributed by atoms with Crippen LogP contribution in [-0.4, -0.2) is 24.4 Å². The first-order valence-corrected chi connectivity index (χ1v) is 8.23. The molecule has 1 aliphatic carbocycles. The number of carbonyl (C=O) groups excluding carboxylic acids is 2. The van der Waals surface area contributed by atoms with Crippen LogP contribution in [0, 0.1) is 5.92 Å². The molecule has 1 fully saturated rings. The van der Waals surface area contributed by atoms with Gasteiger partial charge < -0.3 is 10.6 Å². The Morgan fingerprint density at radius 3 is 2.40 bits per heavy atom. The van der Waals surface area contributed by atoms with Crippen molar-refractivity contribution in [3.8, 4) is 0 Å². The van der Waals surface area contributed by atoms with E-state index in [0.717, 1.165) is 32.1 Å². The molecule has 0 radical (unpaired) electrons. The van der Waals surface area contributed by atoms with Gasteiger partial charge in [0.15, 0.2) is 0 Å². The summed E-state index contributed by atoms with van der Waals surface area (Å²) in [6.07, 6.45) is 10.3. The first-order chi connectivity index (χ1) is 9.65. The lowest BCUT2D eigenvalue weighted by Crippen LogP contribution is -2.47. The van der Waals surface area contributed by atoms with Gasteiger partial charge in [-0.3, -0.25) is 9.59 Å². The Balaban J connectivity index is 2.14. The second kappa shape index (κ2) is 9.78. The fourth-order valence-corrected chi connectivity index (χ4v) is 2.78. The summed E-state index contributed by atoms with van der Waals surface area (Å²) in [5.74, 6) is -0.454. The Morgan fingerprint density at radius 1 is 1.00 bits per heavy atom. The third-order valence-electron chi connectivity index (χ3n) is 4.20. The predicted octanol–water partition coefficient (Wildman–Crippen LogP) is 2.77. The largest absolute Gasteiger partial charge is 0.348 e. The van der Waals surface area contributed by atoms with E-state index in [1.165, 1.54) is 25.7 Å². The Bertz CT molecular complexity index is 305. The first kappa shape index (κ1) is 17.0. The van der Waals surface area contributed by atoms with Gasteiger partial charge >= 0.3 is 11.8 Å². The van der Waals surface area contributed by atoms with Gasteiger partial charge in [-0.1, -0.05) is 52.4 Å². The topological polar surface area (TPSA) is 58.2 Å². The number of amides is 2. The van der Waals surface area contributed by atoms with Gasteiger partial charge in [0.25, 0.3) is 0 Å². The molecule has 2 atom stereocenters. The molecule has 2 amide bonds. The Hall–Kier alpha value is -1.06. The zero-order chi connectivity index (χ0) is 14.8. The van der Waals surface area contributed by atoms with Crippen LogP contribution in [0.2, 0.25) is 0 Å². The molecule has 1 saturated carbocycles. The van der Waals surface area contributed by atoms with Gasteiger partial charge in [0.05, 0.1) is 0 Å². The highest BCUT2D eigenvalue weighted by Gasteiger charge is 2.25. The second-order valence-corrected chi connectivity index (χ2v) is 6.01. The molecule has 0 spiro atoms. The monoisotopic (exact) mass is 282 g/mol. The Labute approximate surface area is 123 Å². The van der Waals surface area contributed by atoms with Gasteiger partial charge in [-0.2, -0.15) is 0 Å². The summed E-state index contributed by atoms with van der Waals surface area (Å²) in [4.78, 5) is 23.5. The molecule has 2 N–H and O–H groups in total. The summed E-state index contributed by atoms with van der Waals surface area (Å²) < 4.78 is 0. The standard InChI is InChI=1S/C16H30N2O2/c1-3-4-5-6-9-12-17-15(19)16(20)18-14-11-8-7-10-13(14)2/h13-14H,3-12H2,1-2H3,(H,17,19)(H,18,20)/t13-,14+/m1/s1. The zero-order valence-electron chi connectivity index (χ0n) is 13.0. The molecule has 4 heteroatoms. The predicted molar refractivity (Wildman–Crippen MR) is 81.3 cm³/mol. The van der Waals surface area contributed by atoms with Gasteiger partial charge in [-0.15, -0.1) is 0 Å². The normalized spacial score (nSPS) is 22.3. The summed E-state index contributed by atoms with van der Waals surface area (Å²) in [5, 5.41) is 5.59. The van der Waals surface area contributed by atoms with E-state index in [1.807, 2.05) is 0 Å². The fourth-order valence-electron chi connectivity index (χ4n) is 2.78. The number of hydrogen-bond donors (Lipinski definition) is 2. The number of carbonyl (C=O) groups is 2. The van der Waals surface area contributed by atoms with Crippen molar-refractivity contribution < 1.29 is 9.59 Å². The Morgan fingerprint density at radius 2 is 1.70 bits per heavy atom. The smallest absolute Gasteiger partial charge is 0.309 e. The van der Waals surface area contributed by atoms with Crippen LogP contribution in [0.25, 0.3) is 0 Å². The molecule has 4 nitrogen and oxygen atoms in total. The molecule has 1 rings (SSSR count). The average molecular weight is 282 g/mol. The maximum Gasteiger partial charge on any atom is 0.309 e. The molecule has 20 heavy (non-hydrogen) atoms. The van der Waals surface area contributed by atoms with E-state index in [4.69, 9.17) is 0 Å². The minimum Gasteiger partial charge on any atom is -0.348 e. The van der Waals surface area contributed by atoms with Crippen LogP contribution in [0.1, 0.15) is 71.6 Å². The highest BCUT2D eigenvalue weighted by molar-refractivity contribution is 6.35. The summed E-state index contributed by atoms with van der Waals surface area (Å²) in [6.45, 7) is 4.93. The van der Waals surface area contributed by atoms with Gasteiger partial charge in [0, 0.05) is 12.6 Å². The molecular formula is C16H30N2O2. The van der Waals surface area contributed by atoms with E-state index in [0.29, 0.717) is 12.5 Å². The van der Waals surface area contributed by atoms with Crippen LogP contribution in [0.5, 0.6) is 0 Å². The van der Waals surface area contributed by atoms with E-state index in [1.54, 1.807) is 0 Å². The number of rotatable bonds is 7. The van der Waals surface area contributed by atoms with Crippen molar-refractivity contribution >= 4 is 11.8 Å². The first-order valence-electron chi connectivity index (χ1n) is 8.23. The average Bonchev–Trinajstić information content (AvgIpc) is 2.44.